The molecule has 0 aromatic carbocycles. The molecular weight excluding hydrogens is 170 g/mol. The number of thiocarbonyl (C=S) groups is 1. The van der Waals surface area contributed by atoms with Crippen LogP contribution in [0.25, 0.3) is 0 Å². The molecule has 1 rings (SSSR count). The van der Waals surface area contributed by atoms with Crippen LogP contribution < -0.4 is 11.5 Å². The summed E-state index contributed by atoms with van der Waals surface area (Å²) in [4.78, 5) is 3.60. The van der Waals surface area contributed by atoms with E-state index in [0.29, 0.717) is 0 Å². The third kappa shape index (κ3) is 7.18. The van der Waals surface area contributed by atoms with Gasteiger partial charge in [0.15, 0.2) is 5.11 Å². The largest absolute Gasteiger partial charge is 0.377 e. The first kappa shape index (κ1) is 9.18. The van der Waals surface area contributed by atoms with Crippen LogP contribution in [0.15, 0.2) is 12.7 Å². The zero-order chi connectivity index (χ0) is 7.98. The Morgan fingerprint density at radius 3 is 2.20 bits per heavy atom. The minimum absolute atomic E-state index is 0.000000000000000222. The van der Waals surface area contributed by atoms with E-state index in [2.05, 4.69) is 46.6 Å². The van der Waals surface area contributed by atoms with Crippen LogP contribution in [0.4, 0.5) is 0 Å². The van der Waals surface area contributed by atoms with Gasteiger partial charge in [0.2, 0.25) is 0 Å². The van der Waals surface area contributed by atoms with Crippen molar-refractivity contribution in [2.75, 3.05) is 0 Å². The van der Waals surface area contributed by atoms with Crippen molar-refractivity contribution in [3.05, 3.63) is 12.7 Å². The molecule has 0 spiro atoms. The maximum absolute atomic E-state index is 4.62. The van der Waals surface area contributed by atoms with Gasteiger partial charge in [-0.15, -0.1) is 5.10 Å². The minimum atomic E-state index is 0.000000000000000222. The highest BCUT2D eigenvalue weighted by molar-refractivity contribution is 7.80. The van der Waals surface area contributed by atoms with Gasteiger partial charge in [-0.25, -0.2) is 4.98 Å². The third-order valence-electron chi connectivity index (χ3n) is 0.407. The van der Waals surface area contributed by atoms with Crippen LogP contribution in [-0.2, 0) is 0 Å². The number of nitrogens with zero attached hydrogens (tertiary/aromatic N) is 3. The molecule has 7 heteroatoms. The Balaban J connectivity index is 0.000000180. The molecule has 1 aromatic rings. The Hall–Kier alpha value is -0.820. The molecule has 0 saturated heterocycles. The predicted octanol–water partition coefficient (Wildman–Crippen LogP) is -0.840. The maximum Gasteiger partial charge on any atom is 0.160 e. The molecule has 10 heavy (non-hydrogen) atoms. The third-order valence-corrected chi connectivity index (χ3v) is 0.613. The van der Waals surface area contributed by atoms with Crippen molar-refractivity contribution < 1.29 is 0 Å². The Labute approximate surface area is 69.0 Å². The van der Waals surface area contributed by atoms with Crippen molar-refractivity contribution in [3.63, 3.8) is 0 Å². The molecule has 0 atom stereocenters. The van der Waals surface area contributed by atoms with Crippen molar-refractivity contribution >= 4 is 30.1 Å². The molecule has 1 aromatic heterocycles. The molecule has 0 aliphatic heterocycles. The lowest BCUT2D eigenvalue weighted by atomic mass is 11.3. The van der Waals surface area contributed by atoms with Gasteiger partial charge in [0, 0.05) is 0 Å². The second kappa shape index (κ2) is 5.00. The molecule has 0 aliphatic carbocycles. The molecule has 0 saturated carbocycles. The summed E-state index contributed by atoms with van der Waals surface area (Å²) in [5.41, 5.74) is 9.24. The lowest BCUT2D eigenvalue weighted by molar-refractivity contribution is 1.02. The monoisotopic (exact) mass is 177 g/mol. The predicted molar refractivity (Wildman–Crippen MR) is 45.4 cm³/mol. The van der Waals surface area contributed by atoms with Crippen molar-refractivity contribution in [1.29, 1.82) is 0 Å². The first-order chi connectivity index (χ1) is 4.63. The van der Waals surface area contributed by atoms with Crippen LogP contribution in [0.2, 0.25) is 0 Å². The quantitative estimate of drug-likeness (QED) is 0.355. The summed E-state index contributed by atoms with van der Waals surface area (Å²) in [6.45, 7) is 0. The molecule has 0 unspecified atom stereocenters. The number of rotatable bonds is 0. The molecule has 1 heterocycles. The summed E-state index contributed by atoms with van der Waals surface area (Å²) in [6, 6.07) is 0. The Bertz CT molecular complexity index is 179. The molecular formula is C3H7N5S2. The van der Waals surface area contributed by atoms with Gasteiger partial charge in [0.05, 0.1) is 0 Å². The van der Waals surface area contributed by atoms with E-state index in [4.69, 9.17) is 0 Å². The fourth-order valence-corrected chi connectivity index (χ4v) is 0.308. The number of thiol groups is 1. The SMILES string of the molecule is NC(N)=S.Sn1cncn1. The van der Waals surface area contributed by atoms with Gasteiger partial charge in [-0.1, -0.05) is 0 Å². The fourth-order valence-electron chi connectivity index (χ4n) is 0.202. The summed E-state index contributed by atoms with van der Waals surface area (Å²) >= 11 is 7.87. The molecule has 56 valence electrons. The van der Waals surface area contributed by atoms with Crippen LogP contribution in [0.1, 0.15) is 0 Å². The first-order valence-corrected chi connectivity index (χ1v) is 3.02. The van der Waals surface area contributed by atoms with Crippen LogP contribution in [0.5, 0.6) is 0 Å². The van der Waals surface area contributed by atoms with E-state index in [1.165, 1.54) is 16.7 Å². The number of hydrogen-bond donors (Lipinski definition) is 3. The Morgan fingerprint density at radius 2 is 2.10 bits per heavy atom. The highest BCUT2D eigenvalue weighted by atomic mass is 32.1. The fraction of sp³-hybridized carbons (Fsp3) is 0. The van der Waals surface area contributed by atoms with Gasteiger partial charge in [-0.2, -0.15) is 4.09 Å². The second-order valence-corrected chi connectivity index (χ2v) is 2.10. The lowest BCUT2D eigenvalue weighted by Gasteiger charge is -1.72. The number of hydrogen-bond acceptors (Lipinski definition) is 4. The van der Waals surface area contributed by atoms with Crippen LogP contribution >= 0.6 is 25.0 Å². The summed E-state index contributed by atoms with van der Waals surface area (Å²) in [7, 11) is 0. The highest BCUT2D eigenvalue weighted by Gasteiger charge is 1.71. The maximum atomic E-state index is 4.62. The van der Waals surface area contributed by atoms with E-state index >= 15 is 0 Å². The highest BCUT2D eigenvalue weighted by Crippen LogP contribution is 1.75. The van der Waals surface area contributed by atoms with Crippen molar-refractivity contribution in [1.82, 2.24) is 14.2 Å². The number of nitrogens with two attached hydrogens (primary N) is 2. The van der Waals surface area contributed by atoms with Gasteiger partial charge < -0.3 is 11.5 Å². The molecule has 0 amide bonds. The normalized spacial score (nSPS) is 7.70. The van der Waals surface area contributed by atoms with E-state index in [-0.39, 0.29) is 5.11 Å². The Morgan fingerprint density at radius 1 is 1.60 bits per heavy atom. The van der Waals surface area contributed by atoms with Gasteiger partial charge in [0.25, 0.3) is 0 Å². The standard InChI is InChI=1S/C2H3N3S.CH4N2S/c6-5-2-3-1-4-5;2-1(3)4/h1-2,6H;(H4,2,3,4). The second-order valence-electron chi connectivity index (χ2n) is 1.22. The van der Waals surface area contributed by atoms with Crippen LogP contribution in [-0.4, -0.2) is 19.3 Å². The number of aromatic nitrogens is 3. The zero-order valence-corrected chi connectivity index (χ0v) is 6.72. The van der Waals surface area contributed by atoms with E-state index < -0.39 is 0 Å². The van der Waals surface area contributed by atoms with Crippen LogP contribution in [0.3, 0.4) is 0 Å². The van der Waals surface area contributed by atoms with Gasteiger partial charge in [0.1, 0.15) is 12.7 Å². The molecule has 0 radical (unpaired) electrons. The smallest absolute Gasteiger partial charge is 0.160 e. The van der Waals surface area contributed by atoms with Crippen molar-refractivity contribution in [2.24, 2.45) is 11.5 Å². The van der Waals surface area contributed by atoms with E-state index in [1.54, 1.807) is 0 Å². The molecule has 0 aliphatic rings. The van der Waals surface area contributed by atoms with E-state index in [9.17, 15) is 0 Å². The van der Waals surface area contributed by atoms with E-state index in [0.717, 1.165) is 0 Å². The summed E-state index contributed by atoms with van der Waals surface area (Å²) < 4.78 is 1.33. The van der Waals surface area contributed by atoms with Crippen LogP contribution in [0, 0.1) is 0 Å². The molecule has 5 nitrogen and oxygen atoms in total. The van der Waals surface area contributed by atoms with Crippen molar-refractivity contribution in [3.8, 4) is 0 Å². The summed E-state index contributed by atoms with van der Waals surface area (Å²) in [5, 5.41) is 3.59. The Kier molecular flexibility index (Phi) is 4.59. The average Bonchev–Trinajstić information content (AvgIpc) is 2.15. The lowest BCUT2D eigenvalue weighted by Crippen LogP contribution is -2.18. The topological polar surface area (TPSA) is 82.8 Å². The van der Waals surface area contributed by atoms with Gasteiger partial charge in [-0.05, 0) is 25.0 Å². The van der Waals surface area contributed by atoms with Crippen molar-refractivity contribution in [2.45, 2.75) is 0 Å². The summed E-state index contributed by atoms with van der Waals surface area (Å²) in [6.07, 6.45) is 2.93. The van der Waals surface area contributed by atoms with Gasteiger partial charge in [-0.3, -0.25) is 0 Å². The zero-order valence-electron chi connectivity index (χ0n) is 5.01. The molecule has 4 N–H and O–H groups in total. The van der Waals surface area contributed by atoms with E-state index in [1.807, 2.05) is 0 Å². The average molecular weight is 177 g/mol. The first-order valence-electron chi connectivity index (χ1n) is 2.21. The summed E-state index contributed by atoms with van der Waals surface area (Å²) in [5.74, 6) is 0. The molecule has 0 fully saturated rings. The minimum Gasteiger partial charge on any atom is -0.377 e. The van der Waals surface area contributed by atoms with Gasteiger partial charge >= 0.3 is 0 Å². The molecule has 0 bridgehead atoms.